The molecule has 1 aliphatic heterocycles. The minimum atomic E-state index is -0.0474. The van der Waals surface area contributed by atoms with Gasteiger partial charge in [0.2, 0.25) is 0 Å². The molecule has 4 nitrogen and oxygen atoms in total. The molecule has 0 bridgehead atoms. The van der Waals surface area contributed by atoms with Crippen LogP contribution in [-0.2, 0) is 6.54 Å². The van der Waals surface area contributed by atoms with E-state index >= 15 is 0 Å². The number of nitrogens with one attached hydrogen (secondary N) is 1. The molecule has 0 atom stereocenters. The fourth-order valence-corrected chi connectivity index (χ4v) is 3.65. The van der Waals surface area contributed by atoms with Gasteiger partial charge in [0, 0.05) is 25.2 Å². The lowest BCUT2D eigenvalue weighted by molar-refractivity contribution is 0.102. The van der Waals surface area contributed by atoms with Crippen molar-refractivity contribution in [2.24, 2.45) is 0 Å². The number of carbonyl (C=O) groups is 1. The Hall–Kier alpha value is -2.33. The first-order chi connectivity index (χ1) is 13.2. The smallest absolute Gasteiger partial charge is 0.255 e. The van der Waals surface area contributed by atoms with Crippen LogP contribution in [0.25, 0.3) is 0 Å². The number of amides is 1. The van der Waals surface area contributed by atoms with Gasteiger partial charge in [0.1, 0.15) is 0 Å². The summed E-state index contributed by atoms with van der Waals surface area (Å²) < 4.78 is 0. The SMILES string of the molecule is CCN(CC)Cc1ccc(C(=O)Nc2ccccc2N2CCCCC2)cc1. The van der Waals surface area contributed by atoms with Crippen molar-refractivity contribution in [3.05, 3.63) is 59.7 Å². The zero-order valence-electron chi connectivity index (χ0n) is 16.6. The Kier molecular flexibility index (Phi) is 6.88. The van der Waals surface area contributed by atoms with E-state index < -0.39 is 0 Å². The van der Waals surface area contributed by atoms with Crippen molar-refractivity contribution in [2.75, 3.05) is 36.4 Å². The third kappa shape index (κ3) is 5.10. The third-order valence-electron chi connectivity index (χ3n) is 5.37. The van der Waals surface area contributed by atoms with E-state index in [2.05, 4.69) is 47.2 Å². The van der Waals surface area contributed by atoms with Gasteiger partial charge in [-0.2, -0.15) is 0 Å². The Morgan fingerprint density at radius 1 is 0.963 bits per heavy atom. The molecule has 1 saturated heterocycles. The maximum atomic E-state index is 12.8. The van der Waals surface area contributed by atoms with Crippen molar-refractivity contribution in [1.29, 1.82) is 0 Å². The molecule has 1 aliphatic rings. The van der Waals surface area contributed by atoms with Crippen LogP contribution < -0.4 is 10.2 Å². The number of rotatable bonds is 7. The van der Waals surface area contributed by atoms with E-state index in [4.69, 9.17) is 0 Å². The van der Waals surface area contributed by atoms with Gasteiger partial charge in [0.15, 0.2) is 0 Å². The second-order valence-electron chi connectivity index (χ2n) is 7.18. The van der Waals surface area contributed by atoms with Crippen molar-refractivity contribution in [3.8, 4) is 0 Å². The van der Waals surface area contributed by atoms with Crippen molar-refractivity contribution < 1.29 is 4.79 Å². The van der Waals surface area contributed by atoms with Crippen LogP contribution in [0.4, 0.5) is 11.4 Å². The highest BCUT2D eigenvalue weighted by Crippen LogP contribution is 2.28. The summed E-state index contributed by atoms with van der Waals surface area (Å²) in [6, 6.07) is 16.1. The monoisotopic (exact) mass is 365 g/mol. The molecule has 1 fully saturated rings. The minimum absolute atomic E-state index is 0.0474. The average Bonchev–Trinajstić information content (AvgIpc) is 2.73. The number of carbonyl (C=O) groups excluding carboxylic acids is 1. The Balaban J connectivity index is 1.68. The van der Waals surface area contributed by atoms with Gasteiger partial charge >= 0.3 is 0 Å². The maximum Gasteiger partial charge on any atom is 0.255 e. The van der Waals surface area contributed by atoms with Gasteiger partial charge in [-0.25, -0.2) is 0 Å². The molecule has 0 radical (unpaired) electrons. The summed E-state index contributed by atoms with van der Waals surface area (Å²) in [7, 11) is 0. The van der Waals surface area contributed by atoms with Crippen molar-refractivity contribution in [1.82, 2.24) is 4.90 Å². The lowest BCUT2D eigenvalue weighted by Crippen LogP contribution is -2.30. The summed E-state index contributed by atoms with van der Waals surface area (Å²) in [5, 5.41) is 3.12. The number of para-hydroxylation sites is 2. The molecule has 4 heteroatoms. The molecule has 0 aromatic heterocycles. The van der Waals surface area contributed by atoms with Gasteiger partial charge in [-0.1, -0.05) is 38.1 Å². The second kappa shape index (κ2) is 9.56. The molecule has 2 aromatic rings. The lowest BCUT2D eigenvalue weighted by atomic mass is 10.1. The summed E-state index contributed by atoms with van der Waals surface area (Å²) in [4.78, 5) is 17.5. The van der Waals surface area contributed by atoms with Crippen molar-refractivity contribution >= 4 is 17.3 Å². The Labute approximate surface area is 163 Å². The molecule has 2 aromatic carbocycles. The fraction of sp³-hybridized carbons (Fsp3) is 0.435. The Morgan fingerprint density at radius 2 is 1.63 bits per heavy atom. The Morgan fingerprint density at radius 3 is 2.30 bits per heavy atom. The number of hydrogen-bond donors (Lipinski definition) is 1. The van der Waals surface area contributed by atoms with Gasteiger partial charge in [0.05, 0.1) is 11.4 Å². The van der Waals surface area contributed by atoms with Crippen LogP contribution in [0.1, 0.15) is 49.0 Å². The number of anilines is 2. The van der Waals surface area contributed by atoms with E-state index in [9.17, 15) is 4.79 Å². The van der Waals surface area contributed by atoms with Crippen LogP contribution in [0.2, 0.25) is 0 Å². The largest absolute Gasteiger partial charge is 0.370 e. The maximum absolute atomic E-state index is 12.8. The molecule has 0 spiro atoms. The van der Waals surface area contributed by atoms with Crippen LogP contribution in [0.3, 0.4) is 0 Å². The van der Waals surface area contributed by atoms with Crippen LogP contribution in [-0.4, -0.2) is 37.0 Å². The van der Waals surface area contributed by atoms with Crippen LogP contribution in [0.15, 0.2) is 48.5 Å². The molecule has 1 N–H and O–H groups in total. The zero-order chi connectivity index (χ0) is 19.1. The average molecular weight is 366 g/mol. The first-order valence-electron chi connectivity index (χ1n) is 10.2. The molecular weight excluding hydrogens is 334 g/mol. The van der Waals surface area contributed by atoms with Crippen LogP contribution in [0.5, 0.6) is 0 Å². The van der Waals surface area contributed by atoms with E-state index in [-0.39, 0.29) is 5.91 Å². The standard InChI is InChI=1S/C23H31N3O/c1-3-25(4-2)18-19-12-14-20(15-13-19)23(27)24-21-10-6-7-11-22(21)26-16-8-5-9-17-26/h6-7,10-15H,3-5,8-9,16-18H2,1-2H3,(H,24,27). The minimum Gasteiger partial charge on any atom is -0.370 e. The molecule has 0 unspecified atom stereocenters. The summed E-state index contributed by atoms with van der Waals surface area (Å²) in [5.41, 5.74) is 3.97. The molecule has 144 valence electrons. The molecule has 1 amide bonds. The summed E-state index contributed by atoms with van der Waals surface area (Å²) in [6.07, 6.45) is 3.73. The predicted molar refractivity (Wildman–Crippen MR) is 114 cm³/mol. The predicted octanol–water partition coefficient (Wildman–Crippen LogP) is 4.77. The summed E-state index contributed by atoms with van der Waals surface area (Å²) >= 11 is 0. The molecular formula is C23H31N3O. The van der Waals surface area contributed by atoms with E-state index in [0.717, 1.165) is 44.1 Å². The van der Waals surface area contributed by atoms with E-state index in [1.807, 2.05) is 30.3 Å². The number of hydrogen-bond acceptors (Lipinski definition) is 3. The lowest BCUT2D eigenvalue weighted by Gasteiger charge is -2.30. The zero-order valence-corrected chi connectivity index (χ0v) is 16.6. The molecule has 3 rings (SSSR count). The number of piperidine rings is 1. The molecule has 27 heavy (non-hydrogen) atoms. The number of nitrogens with zero attached hydrogens (tertiary/aromatic N) is 2. The number of benzene rings is 2. The van der Waals surface area contributed by atoms with E-state index in [1.165, 1.54) is 24.8 Å². The van der Waals surface area contributed by atoms with Crippen LogP contribution in [0, 0.1) is 0 Å². The molecule has 1 heterocycles. The van der Waals surface area contributed by atoms with Gasteiger partial charge < -0.3 is 10.2 Å². The first kappa shape index (κ1) is 19.4. The van der Waals surface area contributed by atoms with Crippen LogP contribution >= 0.6 is 0 Å². The highest BCUT2D eigenvalue weighted by Gasteiger charge is 2.16. The summed E-state index contributed by atoms with van der Waals surface area (Å²) in [5.74, 6) is -0.0474. The highest BCUT2D eigenvalue weighted by atomic mass is 16.1. The van der Waals surface area contributed by atoms with Gasteiger partial charge in [0.25, 0.3) is 5.91 Å². The van der Waals surface area contributed by atoms with Crippen molar-refractivity contribution in [2.45, 2.75) is 39.7 Å². The second-order valence-corrected chi connectivity index (χ2v) is 7.18. The molecule has 0 saturated carbocycles. The Bertz CT molecular complexity index is 732. The quantitative estimate of drug-likeness (QED) is 0.767. The topological polar surface area (TPSA) is 35.6 Å². The normalized spacial score (nSPS) is 14.4. The fourth-order valence-electron chi connectivity index (χ4n) is 3.65. The van der Waals surface area contributed by atoms with E-state index in [1.54, 1.807) is 0 Å². The first-order valence-corrected chi connectivity index (χ1v) is 10.2. The summed E-state index contributed by atoms with van der Waals surface area (Å²) in [6.45, 7) is 9.46. The van der Waals surface area contributed by atoms with E-state index in [0.29, 0.717) is 5.56 Å². The third-order valence-corrected chi connectivity index (χ3v) is 5.37. The highest BCUT2D eigenvalue weighted by molar-refractivity contribution is 6.06. The van der Waals surface area contributed by atoms with Gasteiger partial charge in [-0.3, -0.25) is 9.69 Å². The van der Waals surface area contributed by atoms with Gasteiger partial charge in [-0.15, -0.1) is 0 Å². The van der Waals surface area contributed by atoms with Gasteiger partial charge in [-0.05, 0) is 62.2 Å². The van der Waals surface area contributed by atoms with Crippen molar-refractivity contribution in [3.63, 3.8) is 0 Å². The molecule has 0 aliphatic carbocycles.